The van der Waals surface area contributed by atoms with Crippen LogP contribution in [0, 0.1) is 0 Å². The molecule has 0 spiro atoms. The Kier molecular flexibility index (Phi) is 7.27. The largest absolute Gasteiger partial charge is 0.347 e. The second-order valence-electron chi connectivity index (χ2n) is 7.48. The lowest BCUT2D eigenvalue weighted by atomic mass is 10.0. The topological polar surface area (TPSA) is 81.3 Å². The Bertz CT molecular complexity index is 782. The Morgan fingerprint density at radius 1 is 1.17 bits per heavy atom. The first-order valence-corrected chi connectivity index (χ1v) is 10.6. The van der Waals surface area contributed by atoms with E-state index in [2.05, 4.69) is 29.1 Å². The molecule has 2 heterocycles. The van der Waals surface area contributed by atoms with Gasteiger partial charge in [-0.15, -0.1) is 0 Å². The molecule has 2 N–H and O–H groups in total. The Balaban J connectivity index is 1.65. The van der Waals surface area contributed by atoms with Gasteiger partial charge in [-0.3, -0.25) is 4.79 Å². The van der Waals surface area contributed by atoms with Crippen LogP contribution in [0.3, 0.4) is 0 Å². The zero-order valence-electron chi connectivity index (χ0n) is 17.4. The van der Waals surface area contributed by atoms with E-state index in [0.717, 1.165) is 51.0 Å². The van der Waals surface area contributed by atoms with Crippen molar-refractivity contribution in [1.29, 1.82) is 0 Å². The first-order chi connectivity index (χ1) is 14.1. The van der Waals surface area contributed by atoms with Crippen LogP contribution in [0.15, 0.2) is 36.7 Å². The molecule has 1 aliphatic rings. The maximum absolute atomic E-state index is 12.9. The molecular weight excluding hydrogens is 366 g/mol. The van der Waals surface area contributed by atoms with Gasteiger partial charge in [0.2, 0.25) is 0 Å². The number of H-pyrrole nitrogens is 1. The van der Waals surface area contributed by atoms with Crippen molar-refractivity contribution in [3.63, 3.8) is 0 Å². The molecule has 7 nitrogen and oxygen atoms in total. The summed E-state index contributed by atoms with van der Waals surface area (Å²) < 4.78 is 0. The third kappa shape index (κ3) is 5.16. The molecule has 7 heteroatoms. The number of imidazole rings is 1. The number of aromatic nitrogens is 2. The summed E-state index contributed by atoms with van der Waals surface area (Å²) in [7, 11) is 0. The second-order valence-corrected chi connectivity index (χ2v) is 7.48. The van der Waals surface area contributed by atoms with E-state index in [9.17, 15) is 9.59 Å². The Morgan fingerprint density at radius 2 is 1.90 bits per heavy atom. The molecule has 1 aromatic heterocycles. The van der Waals surface area contributed by atoms with Gasteiger partial charge in [0.15, 0.2) is 0 Å². The lowest BCUT2D eigenvalue weighted by molar-refractivity contribution is 0.0755. The van der Waals surface area contributed by atoms with Crippen LogP contribution in [0.25, 0.3) is 0 Å². The fourth-order valence-corrected chi connectivity index (χ4v) is 3.85. The lowest BCUT2D eigenvalue weighted by Gasteiger charge is -2.34. The van der Waals surface area contributed by atoms with E-state index < -0.39 is 0 Å². The van der Waals surface area contributed by atoms with E-state index in [-0.39, 0.29) is 18.0 Å². The summed E-state index contributed by atoms with van der Waals surface area (Å²) in [5, 5.41) is 2.97. The summed E-state index contributed by atoms with van der Waals surface area (Å²) in [6.07, 6.45) is 8.35. The Hall–Kier alpha value is -2.83. The smallest absolute Gasteiger partial charge is 0.322 e. The number of amides is 3. The van der Waals surface area contributed by atoms with Crippen LogP contribution in [0.1, 0.15) is 68.2 Å². The average Bonchev–Trinajstić information content (AvgIpc) is 3.28. The molecule has 0 aliphatic carbocycles. The molecule has 1 aromatic carbocycles. The van der Waals surface area contributed by atoms with Crippen LogP contribution in [-0.4, -0.2) is 51.3 Å². The number of anilines is 1. The number of hydrogen-bond acceptors (Lipinski definition) is 3. The molecule has 0 radical (unpaired) electrons. The van der Waals surface area contributed by atoms with Crippen LogP contribution in [0.4, 0.5) is 10.5 Å². The van der Waals surface area contributed by atoms with Gasteiger partial charge in [-0.1, -0.05) is 13.8 Å². The highest BCUT2D eigenvalue weighted by Gasteiger charge is 2.29. The van der Waals surface area contributed by atoms with Gasteiger partial charge in [0.05, 0.1) is 6.04 Å². The van der Waals surface area contributed by atoms with Gasteiger partial charge in [0.1, 0.15) is 5.82 Å². The number of nitrogens with zero attached hydrogens (tertiary/aromatic N) is 3. The summed E-state index contributed by atoms with van der Waals surface area (Å²) in [5.41, 5.74) is 1.34. The van der Waals surface area contributed by atoms with Crippen LogP contribution in [0.5, 0.6) is 0 Å². The normalized spacial score (nSPS) is 16.5. The lowest BCUT2D eigenvalue weighted by Crippen LogP contribution is -2.41. The molecule has 1 atom stereocenters. The maximum Gasteiger partial charge on any atom is 0.322 e. The highest BCUT2D eigenvalue weighted by molar-refractivity contribution is 5.95. The van der Waals surface area contributed by atoms with Crippen molar-refractivity contribution in [3.05, 3.63) is 48.0 Å². The minimum absolute atomic E-state index is 0.0313. The Morgan fingerprint density at radius 3 is 2.52 bits per heavy atom. The maximum atomic E-state index is 12.9. The van der Waals surface area contributed by atoms with Crippen molar-refractivity contribution in [1.82, 2.24) is 19.8 Å². The molecule has 1 fully saturated rings. The van der Waals surface area contributed by atoms with Gasteiger partial charge in [0.25, 0.3) is 5.91 Å². The highest BCUT2D eigenvalue weighted by Crippen LogP contribution is 2.29. The highest BCUT2D eigenvalue weighted by atomic mass is 16.2. The van der Waals surface area contributed by atoms with E-state index in [1.807, 2.05) is 9.80 Å². The third-order valence-corrected chi connectivity index (χ3v) is 5.26. The SMILES string of the molecule is CCCN(CCC)C(=O)c1ccc(NC(=O)N2CCCC[C@H]2c2ncc[nH]2)cc1. The molecule has 156 valence electrons. The van der Waals surface area contributed by atoms with Crippen LogP contribution >= 0.6 is 0 Å². The van der Waals surface area contributed by atoms with E-state index >= 15 is 0 Å². The number of likely N-dealkylation sites (tertiary alicyclic amines) is 1. The monoisotopic (exact) mass is 397 g/mol. The van der Waals surface area contributed by atoms with Crippen molar-refractivity contribution in [3.8, 4) is 0 Å². The zero-order chi connectivity index (χ0) is 20.6. The predicted molar refractivity (Wildman–Crippen MR) is 114 cm³/mol. The van der Waals surface area contributed by atoms with Crippen LogP contribution < -0.4 is 5.32 Å². The minimum Gasteiger partial charge on any atom is -0.347 e. The van der Waals surface area contributed by atoms with Crippen molar-refractivity contribution in [2.45, 2.75) is 52.0 Å². The van der Waals surface area contributed by atoms with E-state index in [4.69, 9.17) is 0 Å². The minimum atomic E-state index is -0.135. The number of benzene rings is 1. The Labute approximate surface area is 172 Å². The van der Waals surface area contributed by atoms with Crippen molar-refractivity contribution in [2.24, 2.45) is 0 Å². The summed E-state index contributed by atoms with van der Waals surface area (Å²) in [6.45, 7) is 6.37. The first-order valence-electron chi connectivity index (χ1n) is 10.6. The van der Waals surface area contributed by atoms with Gasteiger partial charge in [-0.2, -0.15) is 0 Å². The summed E-state index contributed by atoms with van der Waals surface area (Å²) in [6, 6.07) is 7.01. The van der Waals surface area contributed by atoms with Crippen molar-refractivity contribution >= 4 is 17.6 Å². The number of hydrogen-bond donors (Lipinski definition) is 2. The first kappa shape index (κ1) is 20.9. The molecule has 3 rings (SSSR count). The third-order valence-electron chi connectivity index (χ3n) is 5.26. The van der Waals surface area contributed by atoms with Crippen LogP contribution in [-0.2, 0) is 0 Å². The number of rotatable bonds is 7. The fraction of sp³-hybridized carbons (Fsp3) is 0.500. The molecular formula is C22H31N5O2. The van der Waals surface area contributed by atoms with E-state index in [0.29, 0.717) is 17.8 Å². The second kappa shape index (κ2) is 10.1. The van der Waals surface area contributed by atoms with Gasteiger partial charge in [-0.25, -0.2) is 9.78 Å². The van der Waals surface area contributed by atoms with Crippen molar-refractivity contribution < 1.29 is 9.59 Å². The van der Waals surface area contributed by atoms with Gasteiger partial charge < -0.3 is 20.1 Å². The van der Waals surface area contributed by atoms with Gasteiger partial charge in [0, 0.05) is 43.3 Å². The van der Waals surface area contributed by atoms with Gasteiger partial charge in [-0.05, 0) is 56.4 Å². The summed E-state index contributed by atoms with van der Waals surface area (Å²) >= 11 is 0. The molecule has 29 heavy (non-hydrogen) atoms. The molecule has 2 aromatic rings. The standard InChI is InChI=1S/C22H31N5O2/c1-3-14-26(15-4-2)21(28)17-8-10-18(11-9-17)25-22(29)27-16-6-5-7-19(27)20-23-12-13-24-20/h8-13,19H,3-7,14-16H2,1-2H3,(H,23,24)(H,25,29)/t19-/m0/s1. The summed E-state index contributed by atoms with van der Waals surface area (Å²) in [5.74, 6) is 0.869. The predicted octanol–water partition coefficient (Wildman–Crippen LogP) is 4.43. The number of carbonyl (C=O) groups excluding carboxylic acids is 2. The number of aromatic amines is 1. The molecule has 1 aliphatic heterocycles. The van der Waals surface area contributed by atoms with E-state index in [1.54, 1.807) is 36.7 Å². The van der Waals surface area contributed by atoms with E-state index in [1.165, 1.54) is 0 Å². The molecule has 3 amide bonds. The molecule has 0 saturated carbocycles. The average molecular weight is 398 g/mol. The number of carbonyl (C=O) groups is 2. The van der Waals surface area contributed by atoms with Gasteiger partial charge >= 0.3 is 6.03 Å². The zero-order valence-corrected chi connectivity index (χ0v) is 17.4. The van der Waals surface area contributed by atoms with Crippen LogP contribution in [0.2, 0.25) is 0 Å². The number of piperidine rings is 1. The number of urea groups is 1. The number of nitrogens with one attached hydrogen (secondary N) is 2. The molecule has 0 bridgehead atoms. The van der Waals surface area contributed by atoms with Crippen molar-refractivity contribution in [2.75, 3.05) is 25.0 Å². The quantitative estimate of drug-likeness (QED) is 0.725. The summed E-state index contributed by atoms with van der Waals surface area (Å²) in [4.78, 5) is 36.8. The fourth-order valence-electron chi connectivity index (χ4n) is 3.85. The molecule has 0 unspecified atom stereocenters. The molecule has 1 saturated heterocycles.